The molecule has 0 saturated heterocycles. The van der Waals surface area contributed by atoms with Crippen LogP contribution in [-0.4, -0.2) is 22.7 Å². The number of nitrogens with one attached hydrogen (secondary N) is 1. The summed E-state index contributed by atoms with van der Waals surface area (Å²) in [6.45, 7) is 4.54. The van der Waals surface area contributed by atoms with Crippen molar-refractivity contribution in [2.24, 2.45) is 0 Å². The van der Waals surface area contributed by atoms with Gasteiger partial charge in [-0.1, -0.05) is 37.3 Å². The van der Waals surface area contributed by atoms with Gasteiger partial charge in [0.15, 0.2) is 0 Å². The van der Waals surface area contributed by atoms with Crippen LogP contribution in [0.25, 0.3) is 0 Å². The predicted octanol–water partition coefficient (Wildman–Crippen LogP) is 3.46. The molecule has 22 heavy (non-hydrogen) atoms. The second kappa shape index (κ2) is 8.48. The van der Waals surface area contributed by atoms with Crippen molar-refractivity contribution in [3.05, 3.63) is 34.8 Å². The van der Waals surface area contributed by atoms with Crippen LogP contribution in [0.2, 0.25) is 0 Å². The van der Waals surface area contributed by atoms with Gasteiger partial charge in [0.05, 0.1) is 13.0 Å². The molecular formula is C16H21N3O2S. The number of rotatable bonds is 8. The van der Waals surface area contributed by atoms with Gasteiger partial charge in [-0.2, -0.15) is 0 Å². The Morgan fingerprint density at radius 1 is 1.23 bits per heavy atom. The van der Waals surface area contributed by atoms with E-state index in [1.165, 1.54) is 16.9 Å². The van der Waals surface area contributed by atoms with Crippen LogP contribution in [0, 0.1) is 0 Å². The molecule has 6 heteroatoms. The molecule has 1 N–H and O–H groups in total. The smallest absolute Gasteiger partial charge is 0.229 e. The molecule has 0 spiro atoms. The van der Waals surface area contributed by atoms with E-state index >= 15 is 0 Å². The molecule has 1 aromatic heterocycles. The summed E-state index contributed by atoms with van der Waals surface area (Å²) >= 11 is 1.42. The third-order valence-electron chi connectivity index (χ3n) is 3.11. The van der Waals surface area contributed by atoms with Crippen molar-refractivity contribution in [3.8, 4) is 5.75 Å². The van der Waals surface area contributed by atoms with Crippen molar-refractivity contribution >= 4 is 22.4 Å². The molecule has 2 rings (SSSR count). The minimum absolute atomic E-state index is 0.107. The van der Waals surface area contributed by atoms with Crippen LogP contribution < -0.4 is 10.1 Å². The molecule has 1 amide bonds. The second-order valence-electron chi connectivity index (χ2n) is 4.90. The van der Waals surface area contributed by atoms with Gasteiger partial charge >= 0.3 is 0 Å². The Morgan fingerprint density at radius 2 is 2.00 bits per heavy atom. The van der Waals surface area contributed by atoms with Gasteiger partial charge in [-0.05, 0) is 30.5 Å². The van der Waals surface area contributed by atoms with Crippen LogP contribution in [0.1, 0.15) is 37.3 Å². The van der Waals surface area contributed by atoms with Crippen molar-refractivity contribution in [1.82, 2.24) is 10.2 Å². The highest BCUT2D eigenvalue weighted by Gasteiger charge is 2.08. The number of anilines is 1. The minimum atomic E-state index is -0.107. The lowest BCUT2D eigenvalue weighted by Gasteiger charge is -2.06. The van der Waals surface area contributed by atoms with E-state index in [-0.39, 0.29) is 12.3 Å². The van der Waals surface area contributed by atoms with E-state index in [1.807, 2.05) is 24.3 Å². The van der Waals surface area contributed by atoms with E-state index in [0.717, 1.165) is 30.0 Å². The summed E-state index contributed by atoms with van der Waals surface area (Å²) in [6.07, 6.45) is 3.21. The summed E-state index contributed by atoms with van der Waals surface area (Å²) in [5.41, 5.74) is 1.27. The molecule has 0 atom stereocenters. The highest BCUT2D eigenvalue weighted by atomic mass is 32.1. The Labute approximate surface area is 134 Å². The molecular weight excluding hydrogens is 298 g/mol. The predicted molar refractivity (Wildman–Crippen MR) is 88.5 cm³/mol. The maximum Gasteiger partial charge on any atom is 0.229 e. The van der Waals surface area contributed by atoms with Gasteiger partial charge in [-0.15, -0.1) is 10.2 Å². The molecule has 0 aliphatic rings. The first-order valence-electron chi connectivity index (χ1n) is 7.55. The topological polar surface area (TPSA) is 64.1 Å². The first kappa shape index (κ1) is 16.4. The van der Waals surface area contributed by atoms with Crippen molar-refractivity contribution < 1.29 is 9.53 Å². The Balaban J connectivity index is 1.72. The number of amides is 1. The van der Waals surface area contributed by atoms with Crippen LogP contribution in [-0.2, 0) is 17.6 Å². The van der Waals surface area contributed by atoms with Crippen LogP contribution in [0.15, 0.2) is 24.3 Å². The summed E-state index contributed by atoms with van der Waals surface area (Å²) in [6, 6.07) is 7.93. The number of hydrogen-bond donors (Lipinski definition) is 1. The zero-order valence-corrected chi connectivity index (χ0v) is 13.8. The molecule has 1 aromatic carbocycles. The monoisotopic (exact) mass is 319 g/mol. The quantitative estimate of drug-likeness (QED) is 0.809. The number of nitrogens with zero attached hydrogens (tertiary/aromatic N) is 2. The van der Waals surface area contributed by atoms with Crippen molar-refractivity contribution in [1.29, 1.82) is 0 Å². The van der Waals surface area contributed by atoms with E-state index in [9.17, 15) is 4.79 Å². The van der Waals surface area contributed by atoms with Gasteiger partial charge in [-0.25, -0.2) is 0 Å². The molecule has 0 fully saturated rings. The zero-order chi connectivity index (χ0) is 15.8. The van der Waals surface area contributed by atoms with E-state index < -0.39 is 0 Å². The molecule has 5 nitrogen and oxygen atoms in total. The highest BCUT2D eigenvalue weighted by molar-refractivity contribution is 7.15. The summed E-state index contributed by atoms with van der Waals surface area (Å²) in [5.74, 6) is 0.676. The Kier molecular flexibility index (Phi) is 6.33. The maximum absolute atomic E-state index is 11.8. The molecule has 0 aliphatic heterocycles. The lowest BCUT2D eigenvalue weighted by Crippen LogP contribution is -2.15. The van der Waals surface area contributed by atoms with Gasteiger partial charge in [0.1, 0.15) is 10.8 Å². The average Bonchev–Trinajstić information content (AvgIpc) is 2.95. The fourth-order valence-electron chi connectivity index (χ4n) is 1.88. The standard InChI is InChI=1S/C16H21N3O2S/c1-3-5-15-18-19-16(22-15)17-14(20)10-11-21-13-8-6-12(4-2)7-9-13/h6-9H,3-5,10-11H2,1-2H3,(H,17,19,20). The Bertz CT molecular complexity index is 596. The molecule has 0 saturated carbocycles. The molecule has 0 bridgehead atoms. The van der Waals surface area contributed by atoms with E-state index in [1.54, 1.807) is 0 Å². The fraction of sp³-hybridized carbons (Fsp3) is 0.438. The number of benzene rings is 1. The van der Waals surface area contributed by atoms with Crippen LogP contribution >= 0.6 is 11.3 Å². The largest absolute Gasteiger partial charge is 0.493 e. The fourth-order valence-corrected chi connectivity index (χ4v) is 2.74. The molecule has 0 unspecified atom stereocenters. The highest BCUT2D eigenvalue weighted by Crippen LogP contribution is 2.17. The number of carbonyl (C=O) groups is 1. The maximum atomic E-state index is 11.8. The number of hydrogen-bond acceptors (Lipinski definition) is 5. The first-order chi connectivity index (χ1) is 10.7. The molecule has 2 aromatic rings. The van der Waals surface area contributed by atoms with Crippen LogP contribution in [0.5, 0.6) is 5.75 Å². The van der Waals surface area contributed by atoms with Crippen molar-refractivity contribution in [3.63, 3.8) is 0 Å². The summed E-state index contributed by atoms with van der Waals surface area (Å²) in [7, 11) is 0. The van der Waals surface area contributed by atoms with Gasteiger partial charge < -0.3 is 10.1 Å². The number of aromatic nitrogens is 2. The SMILES string of the molecule is CCCc1nnc(NC(=O)CCOc2ccc(CC)cc2)s1. The van der Waals surface area contributed by atoms with Crippen LogP contribution in [0.4, 0.5) is 5.13 Å². The van der Waals surface area contributed by atoms with Crippen LogP contribution in [0.3, 0.4) is 0 Å². The van der Waals surface area contributed by atoms with E-state index in [2.05, 4.69) is 29.4 Å². The summed E-state index contributed by atoms with van der Waals surface area (Å²) in [4.78, 5) is 11.8. The first-order valence-corrected chi connectivity index (χ1v) is 8.37. The third kappa shape index (κ3) is 5.11. The average molecular weight is 319 g/mol. The summed E-state index contributed by atoms with van der Waals surface area (Å²) < 4.78 is 5.56. The lowest BCUT2D eigenvalue weighted by atomic mass is 10.2. The Morgan fingerprint density at radius 3 is 2.68 bits per heavy atom. The minimum Gasteiger partial charge on any atom is -0.493 e. The Hall–Kier alpha value is -1.95. The van der Waals surface area contributed by atoms with E-state index in [0.29, 0.717) is 11.7 Å². The normalized spacial score (nSPS) is 10.5. The molecule has 0 aliphatic carbocycles. The zero-order valence-electron chi connectivity index (χ0n) is 13.0. The van der Waals surface area contributed by atoms with Crippen molar-refractivity contribution in [2.45, 2.75) is 39.5 Å². The van der Waals surface area contributed by atoms with Gasteiger partial charge in [0.2, 0.25) is 11.0 Å². The molecule has 118 valence electrons. The lowest BCUT2D eigenvalue weighted by molar-refractivity contribution is -0.116. The number of aryl methyl sites for hydroxylation is 2. The molecule has 0 radical (unpaired) electrons. The van der Waals surface area contributed by atoms with Gasteiger partial charge in [0, 0.05) is 6.42 Å². The van der Waals surface area contributed by atoms with Crippen molar-refractivity contribution in [2.75, 3.05) is 11.9 Å². The second-order valence-corrected chi connectivity index (χ2v) is 5.96. The van der Waals surface area contributed by atoms with Gasteiger partial charge in [0.25, 0.3) is 0 Å². The number of carbonyl (C=O) groups excluding carboxylic acids is 1. The molecule has 1 heterocycles. The summed E-state index contributed by atoms with van der Waals surface area (Å²) in [5, 5.41) is 12.2. The number of ether oxygens (including phenoxy) is 1. The van der Waals surface area contributed by atoms with Gasteiger partial charge in [-0.3, -0.25) is 4.79 Å². The van der Waals surface area contributed by atoms with E-state index in [4.69, 9.17) is 4.74 Å². The third-order valence-corrected chi connectivity index (χ3v) is 4.00.